The van der Waals surface area contributed by atoms with Crippen molar-refractivity contribution in [3.8, 4) is 5.75 Å². The van der Waals surface area contributed by atoms with Crippen LogP contribution in [0.25, 0.3) is 10.8 Å². The predicted molar refractivity (Wildman–Crippen MR) is 91.4 cm³/mol. The van der Waals surface area contributed by atoms with Crippen molar-refractivity contribution >= 4 is 16.7 Å². The minimum Gasteiger partial charge on any atom is -0.497 e. The number of carbonyl (C=O) groups excluding carboxylic acids is 1. The number of benzene rings is 2. The maximum Gasteiger partial charge on any atom is 0.220 e. The van der Waals surface area contributed by atoms with E-state index in [1.165, 1.54) is 16.3 Å². The third kappa shape index (κ3) is 3.59. The first-order chi connectivity index (χ1) is 10.5. The summed E-state index contributed by atoms with van der Waals surface area (Å²) in [6, 6.07) is 12.4. The van der Waals surface area contributed by atoms with Gasteiger partial charge in [0.15, 0.2) is 0 Å². The number of hydrogen-bond donors (Lipinski definition) is 1. The van der Waals surface area contributed by atoms with Crippen molar-refractivity contribution < 1.29 is 9.53 Å². The van der Waals surface area contributed by atoms with Gasteiger partial charge < -0.3 is 10.1 Å². The van der Waals surface area contributed by atoms with Gasteiger partial charge in [0.05, 0.1) is 7.11 Å². The van der Waals surface area contributed by atoms with E-state index in [0.717, 1.165) is 12.2 Å². The van der Waals surface area contributed by atoms with E-state index in [0.29, 0.717) is 13.0 Å². The standard InChI is InChI=1S/C19H25NO2/c1-5-7-18(21)20-13-19(2,3)17-9-6-8-14-10-11-15(22-4)12-16(14)17/h6,8-12H,5,7,13H2,1-4H3,(H,20,21). The molecule has 0 atom stereocenters. The molecule has 2 aromatic carbocycles. The van der Waals surface area contributed by atoms with E-state index in [9.17, 15) is 4.79 Å². The van der Waals surface area contributed by atoms with Crippen molar-refractivity contribution in [2.75, 3.05) is 13.7 Å². The van der Waals surface area contributed by atoms with Gasteiger partial charge in [-0.2, -0.15) is 0 Å². The van der Waals surface area contributed by atoms with Crippen molar-refractivity contribution in [3.05, 3.63) is 42.0 Å². The third-order valence-corrected chi connectivity index (χ3v) is 4.02. The molecule has 0 aliphatic rings. The number of ether oxygens (including phenoxy) is 1. The van der Waals surface area contributed by atoms with Gasteiger partial charge in [-0.3, -0.25) is 4.79 Å². The highest BCUT2D eigenvalue weighted by molar-refractivity contribution is 5.88. The van der Waals surface area contributed by atoms with Crippen LogP contribution in [0.15, 0.2) is 36.4 Å². The Hall–Kier alpha value is -2.03. The van der Waals surface area contributed by atoms with Gasteiger partial charge in [0.1, 0.15) is 5.75 Å². The van der Waals surface area contributed by atoms with Crippen LogP contribution in [0.3, 0.4) is 0 Å². The normalized spacial score (nSPS) is 11.5. The molecule has 0 saturated carbocycles. The number of fused-ring (bicyclic) bond motifs is 1. The average molecular weight is 299 g/mol. The monoisotopic (exact) mass is 299 g/mol. The van der Waals surface area contributed by atoms with E-state index in [4.69, 9.17) is 4.74 Å². The lowest BCUT2D eigenvalue weighted by atomic mass is 9.81. The molecule has 0 heterocycles. The third-order valence-electron chi connectivity index (χ3n) is 4.02. The van der Waals surface area contributed by atoms with Crippen molar-refractivity contribution in [3.63, 3.8) is 0 Å². The predicted octanol–water partition coefficient (Wildman–Crippen LogP) is 4.04. The topological polar surface area (TPSA) is 38.3 Å². The summed E-state index contributed by atoms with van der Waals surface area (Å²) in [5.41, 5.74) is 1.08. The maximum atomic E-state index is 11.8. The molecule has 3 heteroatoms. The molecule has 0 saturated heterocycles. The summed E-state index contributed by atoms with van der Waals surface area (Å²) in [6.45, 7) is 6.96. The molecule has 2 aromatic rings. The highest BCUT2D eigenvalue weighted by atomic mass is 16.5. The summed E-state index contributed by atoms with van der Waals surface area (Å²) in [5.74, 6) is 0.971. The van der Waals surface area contributed by atoms with Crippen LogP contribution in [0.2, 0.25) is 0 Å². The number of hydrogen-bond acceptors (Lipinski definition) is 2. The summed E-state index contributed by atoms with van der Waals surface area (Å²) >= 11 is 0. The molecule has 22 heavy (non-hydrogen) atoms. The molecule has 0 spiro atoms. The molecule has 0 unspecified atom stereocenters. The number of nitrogens with one attached hydrogen (secondary N) is 1. The number of carbonyl (C=O) groups is 1. The summed E-state index contributed by atoms with van der Waals surface area (Å²) in [6.07, 6.45) is 1.46. The molecule has 0 bridgehead atoms. The van der Waals surface area contributed by atoms with Gasteiger partial charge in [0, 0.05) is 18.4 Å². The summed E-state index contributed by atoms with van der Waals surface area (Å²) in [5, 5.41) is 5.41. The van der Waals surface area contributed by atoms with E-state index in [2.05, 4.69) is 49.5 Å². The van der Waals surface area contributed by atoms with Gasteiger partial charge >= 0.3 is 0 Å². The lowest BCUT2D eigenvalue weighted by Gasteiger charge is -2.27. The zero-order chi connectivity index (χ0) is 16.2. The van der Waals surface area contributed by atoms with Crippen LogP contribution in [0.5, 0.6) is 5.75 Å². The fourth-order valence-corrected chi connectivity index (χ4v) is 2.70. The van der Waals surface area contributed by atoms with Crippen LogP contribution in [0.4, 0.5) is 0 Å². The maximum absolute atomic E-state index is 11.8. The van der Waals surface area contributed by atoms with Crippen LogP contribution in [0.1, 0.15) is 39.2 Å². The van der Waals surface area contributed by atoms with Gasteiger partial charge in [-0.05, 0) is 34.9 Å². The SMILES string of the molecule is CCCC(=O)NCC(C)(C)c1cccc2ccc(OC)cc12. The number of amides is 1. The summed E-state index contributed by atoms with van der Waals surface area (Å²) in [4.78, 5) is 11.8. The Morgan fingerprint density at radius 3 is 2.68 bits per heavy atom. The first-order valence-electron chi connectivity index (χ1n) is 7.82. The van der Waals surface area contributed by atoms with Crippen LogP contribution >= 0.6 is 0 Å². The van der Waals surface area contributed by atoms with Crippen molar-refractivity contribution in [1.82, 2.24) is 5.32 Å². The van der Waals surface area contributed by atoms with E-state index < -0.39 is 0 Å². The smallest absolute Gasteiger partial charge is 0.220 e. The highest BCUT2D eigenvalue weighted by Gasteiger charge is 2.23. The molecule has 0 aliphatic carbocycles. The molecule has 118 valence electrons. The molecule has 0 fully saturated rings. The quantitative estimate of drug-likeness (QED) is 0.874. The fourth-order valence-electron chi connectivity index (χ4n) is 2.70. The highest BCUT2D eigenvalue weighted by Crippen LogP contribution is 2.32. The average Bonchev–Trinajstić information content (AvgIpc) is 2.52. The van der Waals surface area contributed by atoms with E-state index in [-0.39, 0.29) is 11.3 Å². The van der Waals surface area contributed by atoms with Crippen LogP contribution in [-0.2, 0) is 10.2 Å². The Morgan fingerprint density at radius 1 is 1.23 bits per heavy atom. The summed E-state index contributed by atoms with van der Waals surface area (Å²) in [7, 11) is 1.68. The van der Waals surface area contributed by atoms with Crippen LogP contribution in [-0.4, -0.2) is 19.6 Å². The van der Waals surface area contributed by atoms with Crippen molar-refractivity contribution in [2.45, 2.75) is 39.0 Å². The van der Waals surface area contributed by atoms with Gasteiger partial charge in [-0.25, -0.2) is 0 Å². The van der Waals surface area contributed by atoms with Gasteiger partial charge in [-0.1, -0.05) is 45.0 Å². The van der Waals surface area contributed by atoms with Crippen LogP contribution in [0, 0.1) is 0 Å². The molecule has 0 aromatic heterocycles. The van der Waals surface area contributed by atoms with Gasteiger partial charge in [0.2, 0.25) is 5.91 Å². The van der Waals surface area contributed by atoms with E-state index in [1.54, 1.807) is 7.11 Å². The first-order valence-corrected chi connectivity index (χ1v) is 7.82. The summed E-state index contributed by atoms with van der Waals surface area (Å²) < 4.78 is 5.35. The number of rotatable bonds is 6. The zero-order valence-electron chi connectivity index (χ0n) is 13.9. The molecular weight excluding hydrogens is 274 g/mol. The van der Waals surface area contributed by atoms with Gasteiger partial charge in [-0.15, -0.1) is 0 Å². The molecule has 0 aliphatic heterocycles. The Balaban J connectivity index is 2.33. The number of methoxy groups -OCH3 is 1. The molecule has 0 radical (unpaired) electrons. The minimum absolute atomic E-state index is 0.119. The molecular formula is C19H25NO2. The Kier molecular flexibility index (Phi) is 5.07. The second-order valence-corrected chi connectivity index (χ2v) is 6.30. The lowest BCUT2D eigenvalue weighted by molar-refractivity contribution is -0.121. The van der Waals surface area contributed by atoms with Crippen molar-refractivity contribution in [1.29, 1.82) is 0 Å². The van der Waals surface area contributed by atoms with Crippen molar-refractivity contribution in [2.24, 2.45) is 0 Å². The first kappa shape index (κ1) is 16.3. The Bertz CT molecular complexity index is 662. The Morgan fingerprint density at radius 2 is 2.00 bits per heavy atom. The van der Waals surface area contributed by atoms with E-state index >= 15 is 0 Å². The lowest BCUT2D eigenvalue weighted by Crippen LogP contribution is -2.36. The second kappa shape index (κ2) is 6.82. The van der Waals surface area contributed by atoms with Gasteiger partial charge in [0.25, 0.3) is 0 Å². The molecule has 1 amide bonds. The Labute approximate surface area is 132 Å². The minimum atomic E-state index is -0.144. The molecule has 1 N–H and O–H groups in total. The second-order valence-electron chi connectivity index (χ2n) is 6.30. The van der Waals surface area contributed by atoms with E-state index in [1.807, 2.05) is 13.0 Å². The molecule has 2 rings (SSSR count). The van der Waals surface area contributed by atoms with Crippen LogP contribution < -0.4 is 10.1 Å². The largest absolute Gasteiger partial charge is 0.497 e. The zero-order valence-corrected chi connectivity index (χ0v) is 13.9. The molecule has 3 nitrogen and oxygen atoms in total. The fraction of sp³-hybridized carbons (Fsp3) is 0.421.